The van der Waals surface area contributed by atoms with E-state index in [4.69, 9.17) is 9.72 Å². The Hall–Kier alpha value is -3.56. The third-order valence-electron chi connectivity index (χ3n) is 6.69. The van der Waals surface area contributed by atoms with Crippen molar-refractivity contribution in [2.24, 2.45) is 0 Å². The molecule has 8 nitrogen and oxygen atoms in total. The van der Waals surface area contributed by atoms with Gasteiger partial charge in [0.1, 0.15) is 5.69 Å². The number of benzene rings is 2. The topological polar surface area (TPSA) is 76.4 Å². The molecule has 6 rings (SSSR count). The summed E-state index contributed by atoms with van der Waals surface area (Å²) < 4.78 is 7.55. The second kappa shape index (κ2) is 9.24. The average Bonchev–Trinajstić information content (AvgIpc) is 3.58. The van der Waals surface area contributed by atoms with Gasteiger partial charge in [-0.15, -0.1) is 21.5 Å². The van der Waals surface area contributed by atoms with Crippen LogP contribution in [-0.4, -0.2) is 63.4 Å². The van der Waals surface area contributed by atoms with E-state index in [2.05, 4.69) is 31.8 Å². The van der Waals surface area contributed by atoms with Gasteiger partial charge in [0.05, 0.1) is 19.3 Å². The van der Waals surface area contributed by atoms with Crippen LogP contribution in [0.15, 0.2) is 60.0 Å². The van der Waals surface area contributed by atoms with Gasteiger partial charge in [-0.1, -0.05) is 42.5 Å². The van der Waals surface area contributed by atoms with Gasteiger partial charge < -0.3 is 19.1 Å². The van der Waals surface area contributed by atoms with Crippen LogP contribution in [-0.2, 0) is 11.3 Å². The molecule has 4 heterocycles. The summed E-state index contributed by atoms with van der Waals surface area (Å²) in [6.07, 6.45) is 0. The zero-order valence-corrected chi connectivity index (χ0v) is 20.3. The average molecular weight is 487 g/mol. The van der Waals surface area contributed by atoms with E-state index in [0.29, 0.717) is 18.7 Å². The number of hydrogen-bond acceptors (Lipinski definition) is 7. The second-order valence-electron chi connectivity index (χ2n) is 8.77. The van der Waals surface area contributed by atoms with E-state index in [9.17, 15) is 4.79 Å². The van der Waals surface area contributed by atoms with Crippen molar-refractivity contribution in [1.29, 1.82) is 0 Å². The Morgan fingerprint density at radius 3 is 2.46 bits per heavy atom. The fraction of sp³-hybridized carbons (Fsp3) is 0.308. The normalized spacial score (nSPS) is 17.9. The Bertz CT molecular complexity index is 1330. The molecule has 4 aromatic rings. The van der Waals surface area contributed by atoms with Gasteiger partial charge in [-0.05, 0) is 30.2 Å². The molecule has 178 valence electrons. The minimum absolute atomic E-state index is 0.0103. The molecule has 1 amide bonds. The van der Waals surface area contributed by atoms with Crippen molar-refractivity contribution < 1.29 is 9.53 Å². The highest BCUT2D eigenvalue weighted by atomic mass is 32.1. The standard InChI is InChI=1S/C26H26N6O2S/c1-18-23-28-29-24(22-17-35-26(27-22)30-13-15-34-16-14-30)32(23)12-11-31(18)25(33)21-9-7-20(8-10-21)19-5-3-2-4-6-19/h2-10,17-18H,11-16H2,1H3/t18-/m1/s1. The lowest BCUT2D eigenvalue weighted by atomic mass is 10.0. The lowest BCUT2D eigenvalue weighted by molar-refractivity contribution is 0.0638. The van der Waals surface area contributed by atoms with Crippen molar-refractivity contribution in [3.63, 3.8) is 0 Å². The van der Waals surface area contributed by atoms with E-state index in [1.807, 2.05) is 59.7 Å². The van der Waals surface area contributed by atoms with Crippen LogP contribution in [0.5, 0.6) is 0 Å². The van der Waals surface area contributed by atoms with E-state index >= 15 is 0 Å². The van der Waals surface area contributed by atoms with Crippen LogP contribution < -0.4 is 4.90 Å². The molecule has 0 radical (unpaired) electrons. The number of fused-ring (bicyclic) bond motifs is 1. The summed E-state index contributed by atoms with van der Waals surface area (Å²) in [4.78, 5) is 22.3. The molecule has 0 spiro atoms. The van der Waals surface area contributed by atoms with Gasteiger partial charge in [0.2, 0.25) is 0 Å². The number of thiazole rings is 1. The molecule has 35 heavy (non-hydrogen) atoms. The molecule has 1 atom stereocenters. The first-order chi connectivity index (χ1) is 17.2. The predicted molar refractivity (Wildman–Crippen MR) is 135 cm³/mol. The van der Waals surface area contributed by atoms with Crippen molar-refractivity contribution in [3.05, 3.63) is 71.4 Å². The number of morpholine rings is 1. The van der Waals surface area contributed by atoms with Crippen molar-refractivity contribution >= 4 is 22.4 Å². The Labute approximate surface area is 207 Å². The van der Waals surface area contributed by atoms with Gasteiger partial charge >= 0.3 is 0 Å². The van der Waals surface area contributed by atoms with Gasteiger partial charge in [0, 0.05) is 37.1 Å². The molecule has 2 aliphatic heterocycles. The number of amides is 1. The zero-order valence-electron chi connectivity index (χ0n) is 19.5. The van der Waals surface area contributed by atoms with E-state index in [0.717, 1.165) is 59.9 Å². The largest absolute Gasteiger partial charge is 0.378 e. The van der Waals surface area contributed by atoms with Crippen molar-refractivity contribution in [1.82, 2.24) is 24.6 Å². The first kappa shape index (κ1) is 21.9. The highest BCUT2D eigenvalue weighted by Gasteiger charge is 2.32. The Morgan fingerprint density at radius 1 is 0.943 bits per heavy atom. The monoisotopic (exact) mass is 486 g/mol. The molecule has 1 saturated heterocycles. The molecule has 2 aliphatic rings. The lowest BCUT2D eigenvalue weighted by Gasteiger charge is -2.33. The van der Waals surface area contributed by atoms with Crippen LogP contribution in [0.3, 0.4) is 0 Å². The summed E-state index contributed by atoms with van der Waals surface area (Å²) in [6, 6.07) is 17.8. The third kappa shape index (κ3) is 4.11. The maximum Gasteiger partial charge on any atom is 0.254 e. The molecular weight excluding hydrogens is 460 g/mol. The highest BCUT2D eigenvalue weighted by molar-refractivity contribution is 7.14. The zero-order chi connectivity index (χ0) is 23.8. The number of anilines is 1. The maximum absolute atomic E-state index is 13.4. The highest BCUT2D eigenvalue weighted by Crippen LogP contribution is 2.32. The molecule has 1 fully saturated rings. The molecule has 2 aromatic carbocycles. The summed E-state index contributed by atoms with van der Waals surface area (Å²) in [6.45, 7) is 6.41. The van der Waals surface area contributed by atoms with Crippen LogP contribution in [0.2, 0.25) is 0 Å². The Balaban J connectivity index is 1.20. The summed E-state index contributed by atoms with van der Waals surface area (Å²) in [5, 5.41) is 12.0. The minimum atomic E-state index is -0.177. The van der Waals surface area contributed by atoms with E-state index in [1.54, 1.807) is 11.3 Å². The Kier molecular flexibility index (Phi) is 5.79. The molecule has 0 N–H and O–H groups in total. The van der Waals surface area contributed by atoms with Gasteiger partial charge in [0.25, 0.3) is 5.91 Å². The van der Waals surface area contributed by atoms with Crippen LogP contribution in [0.25, 0.3) is 22.6 Å². The number of nitrogens with zero attached hydrogens (tertiary/aromatic N) is 6. The molecule has 2 aromatic heterocycles. The smallest absolute Gasteiger partial charge is 0.254 e. The Morgan fingerprint density at radius 2 is 1.69 bits per heavy atom. The first-order valence-corrected chi connectivity index (χ1v) is 12.7. The molecular formula is C26H26N6O2S. The quantitative estimate of drug-likeness (QED) is 0.432. The van der Waals surface area contributed by atoms with E-state index in [1.165, 1.54) is 0 Å². The summed E-state index contributed by atoms with van der Waals surface area (Å²) in [5.41, 5.74) is 3.74. The van der Waals surface area contributed by atoms with Crippen LogP contribution >= 0.6 is 11.3 Å². The number of hydrogen-bond donors (Lipinski definition) is 0. The molecule has 9 heteroatoms. The summed E-state index contributed by atoms with van der Waals surface area (Å²) >= 11 is 1.62. The van der Waals surface area contributed by atoms with Crippen molar-refractivity contribution in [2.75, 3.05) is 37.7 Å². The third-order valence-corrected chi connectivity index (χ3v) is 7.59. The van der Waals surface area contributed by atoms with Crippen LogP contribution in [0.4, 0.5) is 5.13 Å². The number of carbonyl (C=O) groups excluding carboxylic acids is 1. The van der Waals surface area contributed by atoms with Crippen molar-refractivity contribution in [3.8, 4) is 22.6 Å². The maximum atomic E-state index is 13.4. The summed E-state index contributed by atoms with van der Waals surface area (Å²) in [5.74, 6) is 1.57. The van der Waals surface area contributed by atoms with E-state index < -0.39 is 0 Å². The molecule has 0 aliphatic carbocycles. The van der Waals surface area contributed by atoms with Gasteiger partial charge in [-0.25, -0.2) is 4.98 Å². The number of aromatic nitrogens is 4. The molecule has 0 unspecified atom stereocenters. The fourth-order valence-corrected chi connectivity index (χ4v) is 5.58. The van der Waals surface area contributed by atoms with Gasteiger partial charge in [-0.3, -0.25) is 4.79 Å². The SMILES string of the molecule is C[C@@H]1c2nnc(-c3csc(N4CCOCC4)n3)n2CCN1C(=O)c1ccc(-c2ccccc2)cc1. The number of ether oxygens (including phenoxy) is 1. The molecule has 0 saturated carbocycles. The van der Waals surface area contributed by atoms with Gasteiger partial charge in [-0.2, -0.15) is 0 Å². The fourth-order valence-electron chi connectivity index (χ4n) is 4.72. The lowest BCUT2D eigenvalue weighted by Crippen LogP contribution is -2.41. The van der Waals surface area contributed by atoms with Crippen LogP contribution in [0.1, 0.15) is 29.1 Å². The van der Waals surface area contributed by atoms with Crippen LogP contribution in [0, 0.1) is 0 Å². The number of rotatable bonds is 4. The second-order valence-corrected chi connectivity index (χ2v) is 9.60. The van der Waals surface area contributed by atoms with E-state index in [-0.39, 0.29) is 11.9 Å². The van der Waals surface area contributed by atoms with Crippen molar-refractivity contribution in [2.45, 2.75) is 19.5 Å². The number of carbonyl (C=O) groups is 1. The predicted octanol–water partition coefficient (Wildman–Crippen LogP) is 4.12. The molecule has 0 bridgehead atoms. The van der Waals surface area contributed by atoms with Gasteiger partial charge in [0.15, 0.2) is 16.8 Å². The minimum Gasteiger partial charge on any atom is -0.378 e. The first-order valence-electron chi connectivity index (χ1n) is 11.9. The summed E-state index contributed by atoms with van der Waals surface area (Å²) in [7, 11) is 0.